The fourth-order valence-electron chi connectivity index (χ4n) is 2.35. The van der Waals surface area contributed by atoms with Crippen molar-refractivity contribution in [3.05, 3.63) is 67.9 Å². The topological polar surface area (TPSA) is 116 Å². The van der Waals surface area contributed by atoms with Crippen LogP contribution in [0.2, 0.25) is 10.3 Å². The van der Waals surface area contributed by atoms with Gasteiger partial charge >= 0.3 is 5.97 Å². The van der Waals surface area contributed by atoms with Crippen molar-refractivity contribution in [2.24, 2.45) is 5.41 Å². The number of hydrogen-bond donors (Lipinski definition) is 1. The van der Waals surface area contributed by atoms with Crippen molar-refractivity contribution in [2.45, 2.75) is 27.5 Å². The predicted molar refractivity (Wildman–Crippen MR) is 111 cm³/mol. The summed E-state index contributed by atoms with van der Waals surface area (Å²) in [5.41, 5.74) is -1.04. The number of aromatic amines is 1. The number of ether oxygens (including phenoxy) is 1. The Labute approximate surface area is 179 Å². The van der Waals surface area contributed by atoms with Gasteiger partial charge < -0.3 is 9.72 Å². The van der Waals surface area contributed by atoms with Gasteiger partial charge in [-0.15, -0.1) is 0 Å². The summed E-state index contributed by atoms with van der Waals surface area (Å²) in [5, 5.41) is 0.404. The van der Waals surface area contributed by atoms with Gasteiger partial charge in [0.1, 0.15) is 10.3 Å². The van der Waals surface area contributed by atoms with Crippen LogP contribution in [0.25, 0.3) is 11.6 Å². The van der Waals surface area contributed by atoms with Crippen molar-refractivity contribution in [3.8, 4) is 0 Å². The molecule has 0 aliphatic carbocycles. The molecule has 0 aliphatic rings. The lowest BCUT2D eigenvalue weighted by molar-refractivity contribution is -0.156. The molecule has 0 unspecified atom stereocenters. The summed E-state index contributed by atoms with van der Waals surface area (Å²) in [6, 6.07) is 2.52. The van der Waals surface area contributed by atoms with Crippen LogP contribution in [0.4, 0.5) is 0 Å². The van der Waals surface area contributed by atoms with E-state index in [1.165, 1.54) is 31.7 Å². The number of halogens is 2. The van der Waals surface area contributed by atoms with Crippen LogP contribution in [0, 0.1) is 5.41 Å². The highest BCUT2D eigenvalue weighted by molar-refractivity contribution is 6.29. The Morgan fingerprint density at radius 1 is 1.10 bits per heavy atom. The summed E-state index contributed by atoms with van der Waals surface area (Å²) < 4.78 is 9.41. The lowest BCUT2D eigenvalue weighted by atomic mass is 9.98. The number of fused-ring (bicyclic) bond motifs is 2. The zero-order valence-corrected chi connectivity index (χ0v) is 17.8. The number of nitrogens with one attached hydrogen (secondary N) is 1. The van der Waals surface area contributed by atoms with Crippen molar-refractivity contribution in [1.29, 1.82) is 0 Å². The van der Waals surface area contributed by atoms with E-state index in [1.54, 1.807) is 39.4 Å². The van der Waals surface area contributed by atoms with Gasteiger partial charge in [-0.25, -0.2) is 9.97 Å². The molecule has 0 aromatic carbocycles. The number of aromatic nitrogens is 6. The van der Waals surface area contributed by atoms with Gasteiger partial charge in [0.25, 0.3) is 11.1 Å². The van der Waals surface area contributed by atoms with Gasteiger partial charge in [-0.3, -0.25) is 27.8 Å². The Balaban J connectivity index is 0.000000196. The molecule has 0 saturated heterocycles. The average Bonchev–Trinajstić information content (AvgIpc) is 3.26. The minimum atomic E-state index is -0.579. The molecular weight excluding hydrogens is 435 g/mol. The summed E-state index contributed by atoms with van der Waals surface area (Å²) >= 11 is 11.3. The van der Waals surface area contributed by atoms with Crippen LogP contribution < -0.4 is 11.1 Å². The second-order valence-electron chi connectivity index (χ2n) is 7.24. The Kier molecular flexibility index (Phi) is 5.99. The second-order valence-corrected chi connectivity index (χ2v) is 8.04. The van der Waals surface area contributed by atoms with E-state index in [0.717, 1.165) is 0 Å². The zero-order valence-electron chi connectivity index (χ0n) is 16.3. The first-order valence-corrected chi connectivity index (χ1v) is 9.45. The highest BCUT2D eigenvalue weighted by atomic mass is 35.5. The van der Waals surface area contributed by atoms with Gasteiger partial charge in [-0.2, -0.15) is 0 Å². The van der Waals surface area contributed by atoms with Crippen LogP contribution in [0.15, 0.2) is 46.5 Å². The Morgan fingerprint density at radius 2 is 1.80 bits per heavy atom. The Bertz CT molecular complexity index is 1330. The van der Waals surface area contributed by atoms with E-state index in [-0.39, 0.29) is 29.0 Å². The first kappa shape index (κ1) is 21.6. The summed E-state index contributed by atoms with van der Waals surface area (Å²) in [7, 11) is 0. The van der Waals surface area contributed by atoms with E-state index < -0.39 is 5.41 Å². The standard InChI is InChI=1S/C12H14ClN3O3.C6H4ClN3O/c1-12(2,3)10(18)19-7-15-4-5-16-9(17)6-8(13)14-11(15)16;7-4-3-5(11)10-2-1-8-6(10)9-4/h4-6H,7H2,1-3H3;1-3H,(H,8,9). The molecular formula is C18H18Cl2N6O4. The number of rotatable bonds is 2. The lowest BCUT2D eigenvalue weighted by Crippen LogP contribution is -2.24. The molecule has 0 atom stereocenters. The molecule has 0 amide bonds. The van der Waals surface area contributed by atoms with E-state index in [1.807, 2.05) is 0 Å². The SMILES string of the molecule is CC(C)(C)C(=O)OCn1ccn2c(=O)cc(Cl)nc12.O=c1cc(Cl)[nH]c2nccn12. The zero-order chi connectivity index (χ0) is 22.1. The van der Waals surface area contributed by atoms with Gasteiger partial charge in [-0.05, 0) is 20.8 Å². The number of carbonyl (C=O) groups excluding carboxylic acids is 1. The number of hydrogen-bond acceptors (Lipinski definition) is 6. The van der Waals surface area contributed by atoms with Crippen molar-refractivity contribution >= 4 is 40.7 Å². The molecule has 1 N–H and O–H groups in total. The van der Waals surface area contributed by atoms with Gasteiger partial charge in [0, 0.05) is 36.9 Å². The Hall–Kier alpha value is -3.11. The first-order valence-electron chi connectivity index (χ1n) is 8.69. The maximum absolute atomic E-state index is 11.7. The molecule has 4 rings (SSSR count). The largest absolute Gasteiger partial charge is 0.443 e. The molecule has 0 aliphatic heterocycles. The van der Waals surface area contributed by atoms with Crippen LogP contribution in [0.1, 0.15) is 20.8 Å². The summed E-state index contributed by atoms with van der Waals surface area (Å²) in [6.45, 7) is 5.29. The van der Waals surface area contributed by atoms with Crippen molar-refractivity contribution in [1.82, 2.24) is 28.3 Å². The predicted octanol–water partition coefficient (Wildman–Crippen LogP) is 2.37. The maximum Gasteiger partial charge on any atom is 0.312 e. The molecule has 0 saturated carbocycles. The van der Waals surface area contributed by atoms with E-state index in [9.17, 15) is 14.4 Å². The highest BCUT2D eigenvalue weighted by Gasteiger charge is 2.23. The minimum Gasteiger partial charge on any atom is -0.443 e. The number of nitrogens with zero attached hydrogens (tertiary/aromatic N) is 5. The monoisotopic (exact) mass is 452 g/mol. The van der Waals surface area contributed by atoms with Crippen LogP contribution in [-0.2, 0) is 16.3 Å². The molecule has 4 aromatic heterocycles. The quantitative estimate of drug-likeness (QED) is 0.368. The van der Waals surface area contributed by atoms with Crippen LogP contribution in [0.3, 0.4) is 0 Å². The molecule has 4 heterocycles. The number of H-pyrrole nitrogens is 1. The summed E-state index contributed by atoms with van der Waals surface area (Å²) in [4.78, 5) is 45.0. The molecule has 10 nitrogen and oxygen atoms in total. The normalized spacial score (nSPS) is 11.4. The molecule has 0 bridgehead atoms. The van der Waals surface area contributed by atoms with Gasteiger partial charge in [-0.1, -0.05) is 23.2 Å². The fourth-order valence-corrected chi connectivity index (χ4v) is 2.70. The maximum atomic E-state index is 11.7. The highest BCUT2D eigenvalue weighted by Crippen LogP contribution is 2.16. The lowest BCUT2D eigenvalue weighted by Gasteiger charge is -2.16. The van der Waals surface area contributed by atoms with Crippen LogP contribution >= 0.6 is 23.2 Å². The average molecular weight is 453 g/mol. The molecule has 4 aromatic rings. The Morgan fingerprint density at radius 3 is 2.50 bits per heavy atom. The van der Waals surface area contributed by atoms with Gasteiger partial charge in [0.05, 0.1) is 5.41 Å². The molecule has 30 heavy (non-hydrogen) atoms. The molecule has 0 fully saturated rings. The first-order chi connectivity index (χ1) is 14.1. The molecule has 158 valence electrons. The van der Waals surface area contributed by atoms with E-state index in [2.05, 4.69) is 15.0 Å². The second kappa shape index (κ2) is 8.33. The number of carbonyl (C=O) groups is 1. The van der Waals surface area contributed by atoms with Crippen molar-refractivity contribution < 1.29 is 9.53 Å². The summed E-state index contributed by atoms with van der Waals surface area (Å²) in [5.74, 6) is 0.463. The smallest absolute Gasteiger partial charge is 0.312 e. The van der Waals surface area contributed by atoms with E-state index in [0.29, 0.717) is 16.7 Å². The minimum absolute atomic E-state index is 0.0145. The summed E-state index contributed by atoms with van der Waals surface area (Å²) in [6.07, 6.45) is 6.26. The third kappa shape index (κ3) is 4.71. The third-order valence-corrected chi connectivity index (χ3v) is 4.26. The molecule has 0 spiro atoms. The molecule has 0 radical (unpaired) electrons. The van der Waals surface area contributed by atoms with Crippen molar-refractivity contribution in [2.75, 3.05) is 0 Å². The number of esters is 1. The third-order valence-electron chi connectivity index (χ3n) is 3.86. The fraction of sp³-hybridized carbons (Fsp3) is 0.278. The van der Waals surface area contributed by atoms with E-state index in [4.69, 9.17) is 27.9 Å². The van der Waals surface area contributed by atoms with Crippen molar-refractivity contribution in [3.63, 3.8) is 0 Å². The van der Waals surface area contributed by atoms with Crippen LogP contribution in [-0.4, -0.2) is 34.3 Å². The molecule has 12 heteroatoms. The van der Waals surface area contributed by atoms with Gasteiger partial charge in [0.15, 0.2) is 6.73 Å². The van der Waals surface area contributed by atoms with E-state index >= 15 is 0 Å². The number of imidazole rings is 2. The van der Waals surface area contributed by atoms with Gasteiger partial charge in [0.2, 0.25) is 11.6 Å². The van der Waals surface area contributed by atoms with Crippen LogP contribution in [0.5, 0.6) is 0 Å².